The van der Waals surface area contributed by atoms with E-state index in [1.807, 2.05) is 30.9 Å². The molecule has 1 aliphatic rings. The van der Waals surface area contributed by atoms with Gasteiger partial charge in [0.15, 0.2) is 0 Å². The highest BCUT2D eigenvalue weighted by Crippen LogP contribution is 2.38. The third-order valence-corrected chi connectivity index (χ3v) is 5.06. The molecule has 6 nitrogen and oxygen atoms in total. The number of anilines is 1. The van der Waals surface area contributed by atoms with Crippen molar-refractivity contribution in [3.63, 3.8) is 0 Å². The number of ether oxygens (including phenoxy) is 1. The molecule has 0 saturated carbocycles. The number of hydrogen-bond acceptors (Lipinski definition) is 5. The van der Waals surface area contributed by atoms with E-state index in [1.54, 1.807) is 6.33 Å². The minimum absolute atomic E-state index is 0.222. The van der Waals surface area contributed by atoms with Gasteiger partial charge in [0.05, 0.1) is 24.1 Å². The van der Waals surface area contributed by atoms with Crippen LogP contribution < -0.4 is 9.64 Å². The van der Waals surface area contributed by atoms with E-state index in [0.29, 0.717) is 0 Å². The molecule has 0 spiro atoms. The molecule has 3 heterocycles. The number of fused-ring (bicyclic) bond motifs is 1. The van der Waals surface area contributed by atoms with Gasteiger partial charge in [0.25, 0.3) is 0 Å². The molecule has 0 aliphatic carbocycles. The van der Waals surface area contributed by atoms with E-state index in [-0.39, 0.29) is 5.60 Å². The van der Waals surface area contributed by atoms with Gasteiger partial charge in [0, 0.05) is 24.7 Å². The molecule has 146 valence electrons. The van der Waals surface area contributed by atoms with Gasteiger partial charge in [-0.2, -0.15) is 5.10 Å². The number of nitrogens with zero attached hydrogens (tertiary/aromatic N) is 5. The molecule has 0 radical (unpaired) electrons. The maximum absolute atomic E-state index is 6.03. The summed E-state index contributed by atoms with van der Waals surface area (Å²) in [5.74, 6) is 1.85. The maximum atomic E-state index is 6.03. The minimum Gasteiger partial charge on any atom is -0.488 e. The van der Waals surface area contributed by atoms with Crippen LogP contribution in [-0.2, 0) is 20.1 Å². The largest absolute Gasteiger partial charge is 0.488 e. The first-order valence-electron chi connectivity index (χ1n) is 9.59. The number of benzene rings is 1. The summed E-state index contributed by atoms with van der Waals surface area (Å²) < 4.78 is 7.98. The highest BCUT2D eigenvalue weighted by atomic mass is 16.5. The first kappa shape index (κ1) is 18.5. The van der Waals surface area contributed by atoms with Crippen molar-refractivity contribution in [1.82, 2.24) is 19.7 Å². The fraction of sp³-hybridized carbons (Fsp3) is 0.409. The van der Waals surface area contributed by atoms with Crippen LogP contribution in [0.5, 0.6) is 5.75 Å². The van der Waals surface area contributed by atoms with Crippen molar-refractivity contribution in [1.29, 1.82) is 0 Å². The summed E-state index contributed by atoms with van der Waals surface area (Å²) in [6.45, 7) is 12.0. The Morgan fingerprint density at radius 3 is 2.54 bits per heavy atom. The molecule has 0 fully saturated rings. The van der Waals surface area contributed by atoms with Crippen molar-refractivity contribution in [3.05, 3.63) is 53.2 Å². The van der Waals surface area contributed by atoms with E-state index >= 15 is 0 Å². The zero-order valence-corrected chi connectivity index (χ0v) is 17.4. The molecule has 6 heteroatoms. The number of aryl methyl sites for hydroxylation is 3. The number of hydrogen-bond donors (Lipinski definition) is 0. The molecule has 1 aromatic carbocycles. The van der Waals surface area contributed by atoms with Gasteiger partial charge in [-0.25, -0.2) is 9.97 Å². The standard InChI is InChI=1S/C22H27N5O/c1-14-9-17(28-22(3,4)5)7-8-18(14)20-15(2)23-13-24-21(20)27-11-16-10-25-26(6)19(16)12-27/h7-10,13H,11-12H2,1-6H3. The van der Waals surface area contributed by atoms with Crippen LogP contribution in [0.2, 0.25) is 0 Å². The van der Waals surface area contributed by atoms with Crippen LogP contribution in [0, 0.1) is 13.8 Å². The molecule has 3 aromatic rings. The van der Waals surface area contributed by atoms with Crippen LogP contribution in [0.1, 0.15) is 43.3 Å². The molecule has 28 heavy (non-hydrogen) atoms. The lowest BCUT2D eigenvalue weighted by Gasteiger charge is -2.24. The number of aromatic nitrogens is 4. The Balaban J connectivity index is 1.73. The average Bonchev–Trinajstić information content (AvgIpc) is 3.16. The lowest BCUT2D eigenvalue weighted by molar-refractivity contribution is 0.131. The summed E-state index contributed by atoms with van der Waals surface area (Å²) in [5, 5.41) is 4.36. The Morgan fingerprint density at radius 2 is 1.86 bits per heavy atom. The molecule has 0 saturated heterocycles. The highest BCUT2D eigenvalue weighted by molar-refractivity contribution is 5.80. The monoisotopic (exact) mass is 377 g/mol. The third-order valence-electron chi connectivity index (χ3n) is 5.06. The van der Waals surface area contributed by atoms with Gasteiger partial charge in [-0.15, -0.1) is 0 Å². The van der Waals surface area contributed by atoms with E-state index in [4.69, 9.17) is 4.74 Å². The molecule has 2 aromatic heterocycles. The minimum atomic E-state index is -0.222. The smallest absolute Gasteiger partial charge is 0.140 e. The van der Waals surface area contributed by atoms with Crippen LogP contribution >= 0.6 is 0 Å². The van der Waals surface area contributed by atoms with E-state index in [9.17, 15) is 0 Å². The zero-order chi connectivity index (χ0) is 20.1. The Labute approximate surface area is 166 Å². The predicted molar refractivity (Wildman–Crippen MR) is 110 cm³/mol. The molecule has 0 unspecified atom stereocenters. The Bertz CT molecular complexity index is 1030. The second kappa shape index (κ2) is 6.62. The summed E-state index contributed by atoms with van der Waals surface area (Å²) in [7, 11) is 1.99. The van der Waals surface area contributed by atoms with Crippen molar-refractivity contribution in [2.45, 2.75) is 53.3 Å². The molecular weight excluding hydrogens is 350 g/mol. The van der Waals surface area contributed by atoms with Crippen LogP contribution in [-0.4, -0.2) is 25.3 Å². The van der Waals surface area contributed by atoms with E-state index < -0.39 is 0 Å². The molecule has 1 aliphatic heterocycles. The van der Waals surface area contributed by atoms with Gasteiger partial charge < -0.3 is 9.64 Å². The molecule has 0 bridgehead atoms. The van der Waals surface area contributed by atoms with Crippen molar-refractivity contribution in [2.75, 3.05) is 4.90 Å². The molecule has 0 N–H and O–H groups in total. The molecular formula is C22H27N5O. The summed E-state index contributed by atoms with van der Waals surface area (Å²) in [5.41, 5.74) is 6.64. The Morgan fingerprint density at radius 1 is 1.07 bits per heavy atom. The van der Waals surface area contributed by atoms with Crippen LogP contribution in [0.25, 0.3) is 11.1 Å². The van der Waals surface area contributed by atoms with E-state index in [1.165, 1.54) is 11.3 Å². The summed E-state index contributed by atoms with van der Waals surface area (Å²) in [6, 6.07) is 6.25. The van der Waals surface area contributed by atoms with Gasteiger partial charge in [-0.05, 0) is 57.9 Å². The fourth-order valence-electron chi connectivity index (χ4n) is 3.79. The van der Waals surface area contributed by atoms with Crippen molar-refractivity contribution in [2.24, 2.45) is 7.05 Å². The van der Waals surface area contributed by atoms with Crippen LogP contribution in [0.4, 0.5) is 5.82 Å². The lowest BCUT2D eigenvalue weighted by Crippen LogP contribution is -2.23. The Kier molecular flexibility index (Phi) is 4.37. The Hall–Kier alpha value is -2.89. The van der Waals surface area contributed by atoms with Crippen LogP contribution in [0.15, 0.2) is 30.7 Å². The topological polar surface area (TPSA) is 56.1 Å². The summed E-state index contributed by atoms with van der Waals surface area (Å²) in [4.78, 5) is 11.4. The maximum Gasteiger partial charge on any atom is 0.140 e. The predicted octanol–water partition coefficient (Wildman–Crippen LogP) is 4.19. The van der Waals surface area contributed by atoms with Crippen LogP contribution in [0.3, 0.4) is 0 Å². The van der Waals surface area contributed by atoms with Gasteiger partial charge >= 0.3 is 0 Å². The van der Waals surface area contributed by atoms with E-state index in [2.05, 4.69) is 59.8 Å². The second-order valence-corrected chi connectivity index (χ2v) is 8.45. The molecule has 0 amide bonds. The van der Waals surface area contributed by atoms with Crippen molar-refractivity contribution in [3.8, 4) is 16.9 Å². The quantitative estimate of drug-likeness (QED) is 0.685. The summed E-state index contributed by atoms with van der Waals surface area (Å²) >= 11 is 0. The van der Waals surface area contributed by atoms with Gasteiger partial charge in [-0.3, -0.25) is 4.68 Å². The third kappa shape index (κ3) is 3.35. The second-order valence-electron chi connectivity index (χ2n) is 8.45. The van der Waals surface area contributed by atoms with Gasteiger partial charge in [0.1, 0.15) is 23.5 Å². The SMILES string of the molecule is Cc1cc(OC(C)(C)C)ccc1-c1c(C)ncnc1N1Cc2cnn(C)c2C1. The summed E-state index contributed by atoms with van der Waals surface area (Å²) in [6.07, 6.45) is 3.61. The van der Waals surface area contributed by atoms with Gasteiger partial charge in [-0.1, -0.05) is 6.07 Å². The molecule has 0 atom stereocenters. The molecule has 4 rings (SSSR count). The zero-order valence-electron chi connectivity index (χ0n) is 17.4. The normalized spacial score (nSPS) is 13.7. The van der Waals surface area contributed by atoms with Crippen molar-refractivity contribution < 1.29 is 4.74 Å². The first-order valence-corrected chi connectivity index (χ1v) is 9.59. The average molecular weight is 377 g/mol. The van der Waals surface area contributed by atoms with Crippen molar-refractivity contribution >= 4 is 5.82 Å². The lowest BCUT2D eigenvalue weighted by atomic mass is 9.99. The fourth-order valence-corrected chi connectivity index (χ4v) is 3.79. The number of rotatable bonds is 3. The van der Waals surface area contributed by atoms with E-state index in [0.717, 1.165) is 47.0 Å². The first-order chi connectivity index (χ1) is 13.2. The van der Waals surface area contributed by atoms with Gasteiger partial charge in [0.2, 0.25) is 0 Å². The highest BCUT2D eigenvalue weighted by Gasteiger charge is 2.27.